The van der Waals surface area contributed by atoms with Gasteiger partial charge in [0.1, 0.15) is 0 Å². The number of hydrogen-bond donors (Lipinski definition) is 1. The van der Waals surface area contributed by atoms with Crippen LogP contribution in [0.15, 0.2) is 97.2 Å². The van der Waals surface area contributed by atoms with Crippen LogP contribution in [0.4, 0.5) is 0 Å². The predicted octanol–water partition coefficient (Wildman–Crippen LogP) is 10.8. The summed E-state index contributed by atoms with van der Waals surface area (Å²) in [6.07, 6.45) is 52.1. The van der Waals surface area contributed by atoms with Gasteiger partial charge in [-0.15, -0.1) is 0 Å². The molecule has 0 aromatic heterocycles. The maximum Gasteiger partial charge on any atom is 0.303 e. The lowest BCUT2D eigenvalue weighted by Gasteiger charge is -1.99. The van der Waals surface area contributed by atoms with Crippen LogP contribution in [0, 0.1) is 0 Å². The largest absolute Gasteiger partial charge is 0.481 e. The lowest BCUT2D eigenvalue weighted by Crippen LogP contribution is -1.93. The molecule has 0 bridgehead atoms. The Labute approximate surface area is 222 Å². The third kappa shape index (κ3) is 31.4. The zero-order valence-corrected chi connectivity index (χ0v) is 22.9. The van der Waals surface area contributed by atoms with Crippen LogP contribution in [0.5, 0.6) is 0 Å². The lowest BCUT2D eigenvalue weighted by molar-refractivity contribution is -0.137. The third-order valence-electron chi connectivity index (χ3n) is 5.49. The number of carbonyl (C=O) groups is 1. The van der Waals surface area contributed by atoms with E-state index in [0.717, 1.165) is 77.0 Å². The molecule has 0 rings (SSSR count). The minimum Gasteiger partial charge on any atom is -0.481 e. The van der Waals surface area contributed by atoms with Gasteiger partial charge in [-0.05, 0) is 70.6 Å². The van der Waals surface area contributed by atoms with Crippen molar-refractivity contribution in [2.24, 2.45) is 0 Å². The molecule has 200 valence electrons. The third-order valence-corrected chi connectivity index (χ3v) is 5.49. The summed E-state index contributed by atoms with van der Waals surface area (Å²) in [5.74, 6) is -0.674. The molecule has 0 aliphatic heterocycles. The van der Waals surface area contributed by atoms with Crippen molar-refractivity contribution in [2.45, 2.75) is 110 Å². The number of unbranched alkanes of at least 4 members (excludes halogenated alkanes) is 6. The number of hydrogen-bond acceptors (Lipinski definition) is 1. The van der Waals surface area contributed by atoms with E-state index in [-0.39, 0.29) is 0 Å². The van der Waals surface area contributed by atoms with Crippen molar-refractivity contribution in [3.8, 4) is 0 Å². The first-order valence-corrected chi connectivity index (χ1v) is 14.2. The first-order chi connectivity index (χ1) is 17.8. The molecule has 2 heteroatoms. The van der Waals surface area contributed by atoms with Crippen LogP contribution in [0.2, 0.25) is 0 Å². The van der Waals surface area contributed by atoms with Crippen molar-refractivity contribution in [1.29, 1.82) is 0 Å². The Morgan fingerprint density at radius 1 is 0.444 bits per heavy atom. The summed E-state index contributed by atoms with van der Waals surface area (Å²) in [5, 5.41) is 8.60. The highest BCUT2D eigenvalue weighted by Gasteiger charge is 1.96. The van der Waals surface area contributed by atoms with Crippen LogP contribution in [0.25, 0.3) is 0 Å². The van der Waals surface area contributed by atoms with Crippen LogP contribution in [-0.2, 0) is 4.79 Å². The second-order valence-corrected chi connectivity index (χ2v) is 8.88. The van der Waals surface area contributed by atoms with E-state index in [1.165, 1.54) is 19.3 Å². The van der Waals surface area contributed by atoms with E-state index in [2.05, 4.69) is 104 Å². The first-order valence-electron chi connectivity index (χ1n) is 14.2. The standard InChI is InChI=1S/C34H52O2/c1-2-3-4-5-6-7-8-9-10-11-12-13-14-15-16-17-18-19-20-21-22-23-24-25-26-27-28-29-30-31-32-33-34(35)36/h3-4,6-7,9-10,12-13,15-16,18-19,21-22,24-25H,2,5,8,11,14,17,20,23,26-33H2,1H3,(H,35,36)/b4-3-,7-6-,10-9-,13-12-,16-15-,19-18-,22-21-,25-24-. The van der Waals surface area contributed by atoms with Crippen LogP contribution >= 0.6 is 0 Å². The van der Waals surface area contributed by atoms with E-state index in [4.69, 9.17) is 5.11 Å². The SMILES string of the molecule is CC/C=C\C/C=C\C/C=C\C/C=C\C/C=C\C/C=C\C/C=C\C/C=C\CCCCCCCCC(=O)O. The summed E-state index contributed by atoms with van der Waals surface area (Å²) >= 11 is 0. The minimum atomic E-state index is -0.674. The van der Waals surface area contributed by atoms with Crippen LogP contribution in [-0.4, -0.2) is 11.1 Å². The van der Waals surface area contributed by atoms with Gasteiger partial charge in [0.25, 0.3) is 0 Å². The van der Waals surface area contributed by atoms with Crippen molar-refractivity contribution >= 4 is 5.97 Å². The number of allylic oxidation sites excluding steroid dienone is 16. The van der Waals surface area contributed by atoms with Crippen molar-refractivity contribution in [3.05, 3.63) is 97.2 Å². The molecule has 0 atom stereocenters. The molecule has 0 amide bonds. The summed E-state index contributed by atoms with van der Waals surface area (Å²) < 4.78 is 0. The molecule has 0 aliphatic rings. The van der Waals surface area contributed by atoms with Gasteiger partial charge in [-0.25, -0.2) is 0 Å². The second kappa shape index (κ2) is 30.4. The fourth-order valence-corrected chi connectivity index (χ4v) is 3.43. The molecule has 0 radical (unpaired) electrons. The number of carboxylic acid groups (broad SMARTS) is 1. The number of carboxylic acids is 1. The van der Waals surface area contributed by atoms with E-state index in [9.17, 15) is 4.79 Å². The second-order valence-electron chi connectivity index (χ2n) is 8.88. The Kier molecular flexibility index (Phi) is 28.2. The molecule has 1 N–H and O–H groups in total. The summed E-state index contributed by atoms with van der Waals surface area (Å²) in [6, 6.07) is 0. The van der Waals surface area contributed by atoms with Gasteiger partial charge in [-0.1, -0.05) is 130 Å². The van der Waals surface area contributed by atoms with Gasteiger partial charge >= 0.3 is 5.97 Å². The van der Waals surface area contributed by atoms with Crippen LogP contribution in [0.3, 0.4) is 0 Å². The molecule has 36 heavy (non-hydrogen) atoms. The Hall–Kier alpha value is -2.61. The maximum absolute atomic E-state index is 10.4. The zero-order chi connectivity index (χ0) is 26.2. The topological polar surface area (TPSA) is 37.3 Å². The molecule has 0 heterocycles. The summed E-state index contributed by atoms with van der Waals surface area (Å²) in [6.45, 7) is 2.16. The van der Waals surface area contributed by atoms with Gasteiger partial charge in [0.05, 0.1) is 0 Å². The molecular formula is C34H52O2. The minimum absolute atomic E-state index is 0.316. The van der Waals surface area contributed by atoms with Gasteiger partial charge in [0.15, 0.2) is 0 Å². The van der Waals surface area contributed by atoms with E-state index < -0.39 is 5.97 Å². The smallest absolute Gasteiger partial charge is 0.303 e. The highest BCUT2D eigenvalue weighted by Crippen LogP contribution is 2.09. The molecule has 0 saturated carbocycles. The molecule has 2 nitrogen and oxygen atoms in total. The van der Waals surface area contributed by atoms with Crippen molar-refractivity contribution < 1.29 is 9.90 Å². The Bertz CT molecular complexity index is 713. The monoisotopic (exact) mass is 492 g/mol. The molecule has 0 fully saturated rings. The van der Waals surface area contributed by atoms with Gasteiger partial charge in [-0.3, -0.25) is 4.79 Å². The molecular weight excluding hydrogens is 440 g/mol. The van der Waals surface area contributed by atoms with Crippen molar-refractivity contribution in [2.75, 3.05) is 0 Å². The summed E-state index contributed by atoms with van der Waals surface area (Å²) in [7, 11) is 0. The van der Waals surface area contributed by atoms with Crippen molar-refractivity contribution in [1.82, 2.24) is 0 Å². The quantitative estimate of drug-likeness (QED) is 0.107. The number of aliphatic carboxylic acids is 1. The Balaban J connectivity index is 3.49. The van der Waals surface area contributed by atoms with Gasteiger partial charge in [0, 0.05) is 6.42 Å². The first kappa shape index (κ1) is 33.4. The lowest BCUT2D eigenvalue weighted by atomic mass is 10.1. The van der Waals surface area contributed by atoms with Crippen molar-refractivity contribution in [3.63, 3.8) is 0 Å². The molecule has 0 saturated heterocycles. The molecule has 0 spiro atoms. The predicted molar refractivity (Wildman–Crippen MR) is 160 cm³/mol. The number of rotatable bonds is 24. The van der Waals surface area contributed by atoms with Gasteiger partial charge in [0.2, 0.25) is 0 Å². The highest BCUT2D eigenvalue weighted by molar-refractivity contribution is 5.66. The fraction of sp³-hybridized carbons (Fsp3) is 0.500. The van der Waals surface area contributed by atoms with Gasteiger partial charge < -0.3 is 5.11 Å². The van der Waals surface area contributed by atoms with E-state index >= 15 is 0 Å². The molecule has 0 aromatic rings. The molecule has 0 unspecified atom stereocenters. The maximum atomic E-state index is 10.4. The highest BCUT2D eigenvalue weighted by atomic mass is 16.4. The summed E-state index contributed by atoms with van der Waals surface area (Å²) in [4.78, 5) is 10.4. The average molecular weight is 493 g/mol. The normalized spacial score (nSPS) is 13.1. The Morgan fingerprint density at radius 2 is 0.750 bits per heavy atom. The van der Waals surface area contributed by atoms with Gasteiger partial charge in [-0.2, -0.15) is 0 Å². The van der Waals surface area contributed by atoms with E-state index in [0.29, 0.717) is 6.42 Å². The molecule has 0 aromatic carbocycles. The van der Waals surface area contributed by atoms with E-state index in [1.807, 2.05) is 0 Å². The zero-order valence-electron chi connectivity index (χ0n) is 22.9. The molecule has 0 aliphatic carbocycles. The van der Waals surface area contributed by atoms with E-state index in [1.54, 1.807) is 0 Å². The average Bonchev–Trinajstić information content (AvgIpc) is 2.87. The fourth-order valence-electron chi connectivity index (χ4n) is 3.43. The van der Waals surface area contributed by atoms with Crippen LogP contribution < -0.4 is 0 Å². The van der Waals surface area contributed by atoms with Crippen LogP contribution in [0.1, 0.15) is 110 Å². The summed E-state index contributed by atoms with van der Waals surface area (Å²) in [5.41, 5.74) is 0. The Morgan fingerprint density at radius 3 is 1.11 bits per heavy atom.